The van der Waals surface area contributed by atoms with Gasteiger partial charge < -0.3 is 10.2 Å². The van der Waals surface area contributed by atoms with E-state index in [2.05, 4.69) is 38.3 Å². The normalized spacial score (nSPS) is 22.0. The predicted octanol–water partition coefficient (Wildman–Crippen LogP) is 2.33. The molecule has 1 N–H and O–H groups in total. The molecule has 1 heterocycles. The van der Waals surface area contributed by atoms with Crippen LogP contribution < -0.4 is 10.2 Å². The molecule has 0 aromatic heterocycles. The number of rotatable bonds is 4. The SMILES string of the molecule is O=S1(=O)CCCN(c2ccc(Br)cc2CNC2CC2)CC1. The summed E-state index contributed by atoms with van der Waals surface area (Å²) in [7, 11) is -2.86. The predicted molar refractivity (Wildman–Crippen MR) is 89.5 cm³/mol. The van der Waals surface area contributed by atoms with E-state index in [0.29, 0.717) is 24.8 Å². The Morgan fingerprint density at radius 1 is 1.24 bits per heavy atom. The Hall–Kier alpha value is -0.590. The Labute approximate surface area is 135 Å². The Balaban J connectivity index is 1.79. The molecule has 21 heavy (non-hydrogen) atoms. The van der Waals surface area contributed by atoms with Gasteiger partial charge in [0.25, 0.3) is 0 Å². The van der Waals surface area contributed by atoms with Crippen LogP contribution in [0.2, 0.25) is 0 Å². The van der Waals surface area contributed by atoms with Crippen molar-refractivity contribution < 1.29 is 8.42 Å². The second-order valence-electron chi connectivity index (χ2n) is 5.92. The van der Waals surface area contributed by atoms with Crippen molar-refractivity contribution in [2.45, 2.75) is 31.8 Å². The number of halogens is 1. The van der Waals surface area contributed by atoms with E-state index in [-0.39, 0.29) is 5.75 Å². The third kappa shape index (κ3) is 4.20. The van der Waals surface area contributed by atoms with Gasteiger partial charge in [0, 0.05) is 35.8 Å². The first-order valence-corrected chi connectivity index (χ1v) is 10.1. The van der Waals surface area contributed by atoms with E-state index in [1.807, 2.05) is 6.07 Å². The van der Waals surface area contributed by atoms with E-state index < -0.39 is 9.84 Å². The van der Waals surface area contributed by atoms with Crippen LogP contribution in [-0.2, 0) is 16.4 Å². The number of hydrogen-bond acceptors (Lipinski definition) is 4. The smallest absolute Gasteiger partial charge is 0.152 e. The number of nitrogens with zero attached hydrogens (tertiary/aromatic N) is 1. The van der Waals surface area contributed by atoms with Crippen molar-refractivity contribution >= 4 is 31.5 Å². The molecule has 0 bridgehead atoms. The molecular formula is C15H21BrN2O2S. The van der Waals surface area contributed by atoms with Crippen LogP contribution in [0.15, 0.2) is 22.7 Å². The van der Waals surface area contributed by atoms with Crippen molar-refractivity contribution in [2.24, 2.45) is 0 Å². The van der Waals surface area contributed by atoms with Crippen molar-refractivity contribution in [1.82, 2.24) is 5.32 Å². The molecule has 116 valence electrons. The van der Waals surface area contributed by atoms with Crippen LogP contribution in [0.5, 0.6) is 0 Å². The van der Waals surface area contributed by atoms with Crippen molar-refractivity contribution in [3.63, 3.8) is 0 Å². The lowest BCUT2D eigenvalue weighted by Gasteiger charge is -2.25. The minimum absolute atomic E-state index is 0.262. The Morgan fingerprint density at radius 2 is 2.05 bits per heavy atom. The maximum Gasteiger partial charge on any atom is 0.152 e. The zero-order valence-electron chi connectivity index (χ0n) is 12.0. The van der Waals surface area contributed by atoms with E-state index in [1.54, 1.807) is 0 Å². The van der Waals surface area contributed by atoms with Crippen LogP contribution >= 0.6 is 15.9 Å². The van der Waals surface area contributed by atoms with Gasteiger partial charge in [-0.05, 0) is 43.0 Å². The topological polar surface area (TPSA) is 49.4 Å². The number of hydrogen-bond donors (Lipinski definition) is 1. The molecule has 1 aromatic rings. The maximum atomic E-state index is 11.8. The lowest BCUT2D eigenvalue weighted by atomic mass is 10.1. The summed E-state index contributed by atoms with van der Waals surface area (Å²) < 4.78 is 24.6. The quantitative estimate of drug-likeness (QED) is 0.880. The second-order valence-corrected chi connectivity index (χ2v) is 9.14. The van der Waals surface area contributed by atoms with Crippen molar-refractivity contribution in [3.8, 4) is 0 Å². The van der Waals surface area contributed by atoms with Gasteiger partial charge in [0.2, 0.25) is 0 Å². The van der Waals surface area contributed by atoms with Crippen LogP contribution in [0.25, 0.3) is 0 Å². The molecule has 1 aliphatic heterocycles. The van der Waals surface area contributed by atoms with Gasteiger partial charge in [-0.1, -0.05) is 15.9 Å². The highest BCUT2D eigenvalue weighted by Gasteiger charge is 2.23. The Morgan fingerprint density at radius 3 is 2.81 bits per heavy atom. The zero-order chi connectivity index (χ0) is 14.9. The third-order valence-electron chi connectivity index (χ3n) is 4.10. The van der Waals surface area contributed by atoms with Crippen molar-refractivity contribution in [3.05, 3.63) is 28.2 Å². The summed E-state index contributed by atoms with van der Waals surface area (Å²) in [6.07, 6.45) is 3.25. The number of benzene rings is 1. The Bertz CT molecular complexity index is 614. The molecule has 6 heteroatoms. The van der Waals surface area contributed by atoms with Crippen LogP contribution in [-0.4, -0.2) is 39.1 Å². The van der Waals surface area contributed by atoms with Crippen LogP contribution in [0, 0.1) is 0 Å². The highest BCUT2D eigenvalue weighted by molar-refractivity contribution is 9.10. The molecule has 1 aliphatic carbocycles. The van der Waals surface area contributed by atoms with E-state index in [1.165, 1.54) is 24.1 Å². The first-order chi connectivity index (χ1) is 10.0. The average molecular weight is 373 g/mol. The summed E-state index contributed by atoms with van der Waals surface area (Å²) in [5.74, 6) is 0.578. The van der Waals surface area contributed by atoms with E-state index in [4.69, 9.17) is 0 Å². The van der Waals surface area contributed by atoms with Gasteiger partial charge in [0.15, 0.2) is 9.84 Å². The average Bonchev–Trinajstić information content (AvgIpc) is 3.25. The summed E-state index contributed by atoms with van der Waals surface area (Å²) in [6.45, 7) is 2.26. The fourth-order valence-electron chi connectivity index (χ4n) is 2.73. The van der Waals surface area contributed by atoms with Crippen LogP contribution in [0.4, 0.5) is 5.69 Å². The molecule has 4 nitrogen and oxygen atoms in total. The van der Waals surface area contributed by atoms with Gasteiger partial charge in [-0.15, -0.1) is 0 Å². The standard InChI is InChI=1S/C15H21BrN2O2S/c16-13-2-5-15(12(10-13)11-17-14-3-4-14)18-6-1-8-21(19,20)9-7-18/h2,5,10,14,17H,1,3-4,6-9,11H2. The first kappa shape index (κ1) is 15.3. The summed E-state index contributed by atoms with van der Waals surface area (Å²) in [5, 5.41) is 3.55. The lowest BCUT2D eigenvalue weighted by molar-refractivity contribution is 0.597. The van der Waals surface area contributed by atoms with Crippen LogP contribution in [0.3, 0.4) is 0 Å². The van der Waals surface area contributed by atoms with Gasteiger partial charge in [0.1, 0.15) is 0 Å². The molecule has 2 fully saturated rings. The van der Waals surface area contributed by atoms with Gasteiger partial charge in [-0.3, -0.25) is 0 Å². The summed E-state index contributed by atoms with van der Waals surface area (Å²) >= 11 is 3.53. The molecule has 2 aliphatic rings. The molecule has 0 unspecified atom stereocenters. The largest absolute Gasteiger partial charge is 0.370 e. The summed E-state index contributed by atoms with van der Waals surface area (Å²) in [6, 6.07) is 6.95. The van der Waals surface area contributed by atoms with E-state index >= 15 is 0 Å². The molecule has 0 atom stereocenters. The molecule has 0 amide bonds. The molecule has 1 saturated carbocycles. The molecule has 1 saturated heterocycles. The molecular weight excluding hydrogens is 352 g/mol. The first-order valence-electron chi connectivity index (χ1n) is 7.51. The zero-order valence-corrected chi connectivity index (χ0v) is 14.4. The summed E-state index contributed by atoms with van der Waals surface area (Å²) in [4.78, 5) is 2.22. The minimum Gasteiger partial charge on any atom is -0.370 e. The van der Waals surface area contributed by atoms with Gasteiger partial charge in [0.05, 0.1) is 11.5 Å². The fourth-order valence-corrected chi connectivity index (χ4v) is 4.41. The van der Waals surface area contributed by atoms with Gasteiger partial charge in [-0.2, -0.15) is 0 Å². The number of sulfone groups is 1. The third-order valence-corrected chi connectivity index (χ3v) is 6.30. The van der Waals surface area contributed by atoms with E-state index in [9.17, 15) is 8.42 Å². The lowest BCUT2D eigenvalue weighted by Crippen LogP contribution is -2.28. The van der Waals surface area contributed by atoms with Crippen LogP contribution in [0.1, 0.15) is 24.8 Å². The molecule has 0 radical (unpaired) electrons. The van der Waals surface area contributed by atoms with Crippen molar-refractivity contribution in [1.29, 1.82) is 0 Å². The van der Waals surface area contributed by atoms with Gasteiger partial charge >= 0.3 is 0 Å². The maximum absolute atomic E-state index is 11.8. The minimum atomic E-state index is -2.86. The molecule has 3 rings (SSSR count). The summed E-state index contributed by atoms with van der Waals surface area (Å²) in [5.41, 5.74) is 2.42. The molecule has 0 spiro atoms. The van der Waals surface area contributed by atoms with Crippen molar-refractivity contribution in [2.75, 3.05) is 29.5 Å². The highest BCUT2D eigenvalue weighted by atomic mass is 79.9. The fraction of sp³-hybridized carbons (Fsp3) is 0.600. The van der Waals surface area contributed by atoms with Gasteiger partial charge in [-0.25, -0.2) is 8.42 Å². The second kappa shape index (κ2) is 6.26. The number of nitrogens with one attached hydrogen (secondary N) is 1. The Kier molecular flexibility index (Phi) is 4.57. The highest BCUT2D eigenvalue weighted by Crippen LogP contribution is 2.27. The molecule has 1 aromatic carbocycles. The number of anilines is 1. The monoisotopic (exact) mass is 372 g/mol. The van der Waals surface area contributed by atoms with E-state index in [0.717, 1.165) is 17.6 Å².